The van der Waals surface area contributed by atoms with Gasteiger partial charge in [-0.15, -0.1) is 0 Å². The Morgan fingerprint density at radius 3 is 2.38 bits per heavy atom. The van der Waals surface area contributed by atoms with Gasteiger partial charge < -0.3 is 14.8 Å². The fraction of sp³-hybridized carbons (Fsp3) is 0.333. The number of amides is 1. The summed E-state index contributed by atoms with van der Waals surface area (Å²) in [6.07, 6.45) is -1.30. The standard InChI is InChI=1S/C21H22F3NO4/c1-11(2)14-6-5-12(3)9-17(14)28-10-18(26)29-13(4)21(27)25-16-8-7-15(22)19(23)20(16)24/h5-9,11,13H,10H2,1-4H3,(H,25,27)/t13-/m1/s1. The molecule has 0 aliphatic carbocycles. The molecule has 1 N–H and O–H groups in total. The minimum atomic E-state index is -1.71. The highest BCUT2D eigenvalue weighted by Gasteiger charge is 2.22. The molecule has 0 spiro atoms. The summed E-state index contributed by atoms with van der Waals surface area (Å²) in [6, 6.07) is 7.18. The maximum absolute atomic E-state index is 13.6. The van der Waals surface area contributed by atoms with E-state index in [-0.39, 0.29) is 5.92 Å². The third-order valence-electron chi connectivity index (χ3n) is 4.11. The van der Waals surface area contributed by atoms with Gasteiger partial charge >= 0.3 is 5.97 Å². The second-order valence-electron chi connectivity index (χ2n) is 6.83. The number of hydrogen-bond acceptors (Lipinski definition) is 4. The zero-order chi connectivity index (χ0) is 21.7. The van der Waals surface area contributed by atoms with Crippen LogP contribution in [0.3, 0.4) is 0 Å². The first kappa shape index (κ1) is 22.3. The zero-order valence-corrected chi connectivity index (χ0v) is 16.5. The van der Waals surface area contributed by atoms with E-state index < -0.39 is 47.7 Å². The Kier molecular flexibility index (Phi) is 7.25. The van der Waals surface area contributed by atoms with Crippen molar-refractivity contribution in [1.29, 1.82) is 0 Å². The van der Waals surface area contributed by atoms with Crippen molar-refractivity contribution in [2.75, 3.05) is 11.9 Å². The van der Waals surface area contributed by atoms with Crippen molar-refractivity contribution in [1.82, 2.24) is 0 Å². The number of aryl methyl sites for hydroxylation is 1. The number of ether oxygens (including phenoxy) is 2. The number of esters is 1. The molecule has 8 heteroatoms. The Morgan fingerprint density at radius 2 is 1.72 bits per heavy atom. The van der Waals surface area contributed by atoms with Crippen molar-refractivity contribution >= 4 is 17.6 Å². The maximum atomic E-state index is 13.6. The van der Waals surface area contributed by atoms with Gasteiger partial charge in [-0.1, -0.05) is 26.0 Å². The Balaban J connectivity index is 1.95. The van der Waals surface area contributed by atoms with Gasteiger partial charge in [-0.2, -0.15) is 0 Å². The van der Waals surface area contributed by atoms with Crippen molar-refractivity contribution in [2.24, 2.45) is 0 Å². The molecule has 0 unspecified atom stereocenters. The average Bonchev–Trinajstić information content (AvgIpc) is 2.66. The number of anilines is 1. The van der Waals surface area contributed by atoms with Crippen LogP contribution < -0.4 is 10.1 Å². The van der Waals surface area contributed by atoms with Gasteiger partial charge in [-0.3, -0.25) is 4.79 Å². The molecule has 1 atom stereocenters. The highest BCUT2D eigenvalue weighted by atomic mass is 19.2. The molecule has 0 aliphatic rings. The summed E-state index contributed by atoms with van der Waals surface area (Å²) in [7, 11) is 0. The van der Waals surface area contributed by atoms with Crippen molar-refractivity contribution < 1.29 is 32.2 Å². The SMILES string of the molecule is Cc1ccc(C(C)C)c(OCC(=O)O[C@H](C)C(=O)Nc2ccc(F)c(F)c2F)c1. The van der Waals surface area contributed by atoms with Gasteiger partial charge in [-0.05, 0) is 49.1 Å². The zero-order valence-electron chi connectivity index (χ0n) is 16.5. The van der Waals surface area contributed by atoms with Crippen LogP contribution in [-0.4, -0.2) is 24.6 Å². The summed E-state index contributed by atoms with van der Waals surface area (Å²) in [5.41, 5.74) is 1.32. The minimum Gasteiger partial charge on any atom is -0.482 e. The smallest absolute Gasteiger partial charge is 0.344 e. The molecule has 5 nitrogen and oxygen atoms in total. The molecule has 29 heavy (non-hydrogen) atoms. The highest BCUT2D eigenvalue weighted by molar-refractivity contribution is 5.95. The average molecular weight is 409 g/mol. The second kappa shape index (κ2) is 9.45. The first-order chi connectivity index (χ1) is 13.6. The molecule has 1 amide bonds. The number of carbonyl (C=O) groups is 2. The van der Waals surface area contributed by atoms with E-state index in [9.17, 15) is 22.8 Å². The predicted octanol–water partition coefficient (Wildman–Crippen LogP) is 4.48. The van der Waals surface area contributed by atoms with Crippen LogP contribution >= 0.6 is 0 Å². The minimum absolute atomic E-state index is 0.178. The van der Waals surface area contributed by atoms with Gasteiger partial charge in [0.25, 0.3) is 5.91 Å². The Labute approximate surface area is 166 Å². The van der Waals surface area contributed by atoms with E-state index in [1.807, 2.05) is 32.9 Å². The molecule has 0 aliphatic heterocycles. The second-order valence-corrected chi connectivity index (χ2v) is 6.83. The van der Waals surface area contributed by atoms with Crippen LogP contribution in [0.1, 0.15) is 37.8 Å². The van der Waals surface area contributed by atoms with E-state index in [4.69, 9.17) is 9.47 Å². The van der Waals surface area contributed by atoms with Crippen LogP contribution in [0.2, 0.25) is 0 Å². The van der Waals surface area contributed by atoms with Crippen LogP contribution in [0.25, 0.3) is 0 Å². The summed E-state index contributed by atoms with van der Waals surface area (Å²) < 4.78 is 50.3. The summed E-state index contributed by atoms with van der Waals surface area (Å²) in [6.45, 7) is 6.69. The fourth-order valence-corrected chi connectivity index (χ4v) is 2.52. The van der Waals surface area contributed by atoms with E-state index in [2.05, 4.69) is 5.32 Å². The third kappa shape index (κ3) is 5.73. The molecule has 156 valence electrons. The number of benzene rings is 2. The summed E-state index contributed by atoms with van der Waals surface area (Å²) >= 11 is 0. The third-order valence-corrected chi connectivity index (χ3v) is 4.11. The Morgan fingerprint density at radius 1 is 1.03 bits per heavy atom. The van der Waals surface area contributed by atoms with Gasteiger partial charge in [0.1, 0.15) is 5.75 Å². The van der Waals surface area contributed by atoms with Crippen molar-refractivity contribution in [3.63, 3.8) is 0 Å². The number of halogens is 3. The lowest BCUT2D eigenvalue weighted by atomic mass is 10.0. The van der Waals surface area contributed by atoms with Crippen molar-refractivity contribution in [2.45, 2.75) is 39.7 Å². The molecule has 0 heterocycles. The predicted molar refractivity (Wildman–Crippen MR) is 101 cm³/mol. The molecule has 2 aromatic carbocycles. The number of nitrogens with one attached hydrogen (secondary N) is 1. The van der Waals surface area contributed by atoms with E-state index in [0.717, 1.165) is 17.2 Å². The lowest BCUT2D eigenvalue weighted by molar-refractivity contribution is -0.155. The summed E-state index contributed by atoms with van der Waals surface area (Å²) in [4.78, 5) is 24.1. The molecule has 2 aromatic rings. The van der Waals surface area contributed by atoms with Crippen LogP contribution in [0.4, 0.5) is 18.9 Å². The van der Waals surface area contributed by atoms with Crippen LogP contribution in [-0.2, 0) is 14.3 Å². The van der Waals surface area contributed by atoms with Gasteiger partial charge in [0.2, 0.25) is 0 Å². The number of rotatable bonds is 7. The normalized spacial score (nSPS) is 11.9. The molecule has 2 rings (SSSR count). The first-order valence-corrected chi connectivity index (χ1v) is 8.97. The molecular weight excluding hydrogens is 387 g/mol. The lowest BCUT2D eigenvalue weighted by Gasteiger charge is -2.16. The lowest BCUT2D eigenvalue weighted by Crippen LogP contribution is -2.32. The molecular formula is C21H22F3NO4. The summed E-state index contributed by atoms with van der Waals surface area (Å²) in [5.74, 6) is -5.62. The molecule has 0 saturated heterocycles. The number of carbonyl (C=O) groups excluding carboxylic acids is 2. The van der Waals surface area contributed by atoms with E-state index in [0.29, 0.717) is 11.8 Å². The largest absolute Gasteiger partial charge is 0.482 e. The van der Waals surface area contributed by atoms with Gasteiger partial charge in [0.15, 0.2) is 30.2 Å². The van der Waals surface area contributed by atoms with Crippen LogP contribution in [0, 0.1) is 24.4 Å². The van der Waals surface area contributed by atoms with E-state index in [1.165, 1.54) is 6.92 Å². The molecule has 0 bridgehead atoms. The molecule has 0 radical (unpaired) electrons. The Bertz CT molecular complexity index is 915. The maximum Gasteiger partial charge on any atom is 0.344 e. The quantitative estimate of drug-likeness (QED) is 0.541. The highest BCUT2D eigenvalue weighted by Crippen LogP contribution is 2.27. The number of hydrogen-bond donors (Lipinski definition) is 1. The van der Waals surface area contributed by atoms with Gasteiger partial charge in [-0.25, -0.2) is 18.0 Å². The van der Waals surface area contributed by atoms with Crippen LogP contribution in [0.5, 0.6) is 5.75 Å². The van der Waals surface area contributed by atoms with Crippen molar-refractivity contribution in [3.8, 4) is 5.75 Å². The van der Waals surface area contributed by atoms with Gasteiger partial charge in [0, 0.05) is 0 Å². The molecule has 0 fully saturated rings. The van der Waals surface area contributed by atoms with Crippen LogP contribution in [0.15, 0.2) is 30.3 Å². The fourth-order valence-electron chi connectivity index (χ4n) is 2.52. The Hall–Kier alpha value is -3.03. The van der Waals surface area contributed by atoms with Crippen molar-refractivity contribution in [3.05, 3.63) is 58.9 Å². The summed E-state index contributed by atoms with van der Waals surface area (Å²) in [5, 5.41) is 2.05. The first-order valence-electron chi connectivity index (χ1n) is 8.97. The topological polar surface area (TPSA) is 64.6 Å². The molecule has 0 saturated carbocycles. The van der Waals surface area contributed by atoms with E-state index >= 15 is 0 Å². The monoisotopic (exact) mass is 409 g/mol. The van der Waals surface area contributed by atoms with Gasteiger partial charge in [0.05, 0.1) is 5.69 Å². The molecule has 0 aromatic heterocycles. The van der Waals surface area contributed by atoms with E-state index in [1.54, 1.807) is 6.07 Å².